The third-order valence-electron chi connectivity index (χ3n) is 4.29. The third kappa shape index (κ3) is 2.43. The van der Waals surface area contributed by atoms with Crippen LogP contribution in [0.15, 0.2) is 36.4 Å². The number of rotatable bonds is 3. The smallest absolute Gasteiger partial charge is 0.131 e. The first-order chi connectivity index (χ1) is 9.81. The molecule has 1 atom stereocenters. The Morgan fingerprint density at radius 2 is 1.80 bits per heavy atom. The first-order valence-corrected chi connectivity index (χ1v) is 7.23. The van der Waals surface area contributed by atoms with E-state index in [1.807, 2.05) is 37.4 Å². The van der Waals surface area contributed by atoms with Gasteiger partial charge in [-0.25, -0.2) is 4.39 Å². The van der Waals surface area contributed by atoms with Crippen LogP contribution < -0.4 is 5.32 Å². The summed E-state index contributed by atoms with van der Waals surface area (Å²) < 4.78 is 19.4. The molecule has 3 rings (SSSR count). The van der Waals surface area contributed by atoms with Gasteiger partial charge in [0.05, 0.1) is 0 Å². The summed E-state index contributed by atoms with van der Waals surface area (Å²) in [6, 6.07) is 11.5. The molecule has 0 spiro atoms. The van der Waals surface area contributed by atoms with Gasteiger partial charge in [-0.3, -0.25) is 0 Å². The normalized spacial score (nSPS) is 18.3. The first-order valence-electron chi connectivity index (χ1n) is 7.23. The van der Waals surface area contributed by atoms with Gasteiger partial charge in [-0.1, -0.05) is 30.3 Å². The van der Waals surface area contributed by atoms with Gasteiger partial charge < -0.3 is 10.1 Å². The Balaban J connectivity index is 2.05. The Labute approximate surface area is 118 Å². The molecule has 1 fully saturated rings. The zero-order valence-corrected chi connectivity index (χ0v) is 11.7. The van der Waals surface area contributed by atoms with Crippen LogP contribution in [-0.2, 0) is 4.74 Å². The van der Waals surface area contributed by atoms with Gasteiger partial charge in [0.25, 0.3) is 0 Å². The lowest BCUT2D eigenvalue weighted by Crippen LogP contribution is -2.30. The van der Waals surface area contributed by atoms with Crippen LogP contribution >= 0.6 is 0 Å². The zero-order valence-electron chi connectivity index (χ0n) is 11.7. The Kier molecular flexibility index (Phi) is 3.99. The van der Waals surface area contributed by atoms with E-state index >= 15 is 0 Å². The van der Waals surface area contributed by atoms with Crippen molar-refractivity contribution in [3.8, 4) is 0 Å². The summed E-state index contributed by atoms with van der Waals surface area (Å²) in [6.45, 7) is 1.64. The lowest BCUT2D eigenvalue weighted by atomic mass is 9.85. The van der Waals surface area contributed by atoms with E-state index in [4.69, 9.17) is 4.74 Å². The molecule has 0 radical (unpaired) electrons. The highest BCUT2D eigenvalue weighted by molar-refractivity contribution is 5.86. The Hall–Kier alpha value is -1.45. The maximum atomic E-state index is 13.9. The standard InChI is InChI=1S/C17H20FNO/c1-19-17(12-8-10-20-11-9-12)15-6-7-16(18)14-5-3-2-4-13(14)15/h2-7,12,17,19H,8-11H2,1H3. The van der Waals surface area contributed by atoms with Crippen LogP contribution in [0.4, 0.5) is 4.39 Å². The van der Waals surface area contributed by atoms with Crippen LogP contribution in [0.2, 0.25) is 0 Å². The number of nitrogens with one attached hydrogen (secondary N) is 1. The van der Waals surface area contributed by atoms with Crippen molar-refractivity contribution in [3.63, 3.8) is 0 Å². The van der Waals surface area contributed by atoms with Crippen molar-refractivity contribution < 1.29 is 9.13 Å². The van der Waals surface area contributed by atoms with Gasteiger partial charge in [0, 0.05) is 24.6 Å². The number of benzene rings is 2. The molecule has 1 N–H and O–H groups in total. The molecule has 3 heteroatoms. The molecule has 0 amide bonds. The van der Waals surface area contributed by atoms with E-state index in [0.717, 1.165) is 31.4 Å². The topological polar surface area (TPSA) is 21.3 Å². The van der Waals surface area contributed by atoms with Gasteiger partial charge in [-0.15, -0.1) is 0 Å². The lowest BCUT2D eigenvalue weighted by Gasteiger charge is -2.31. The Morgan fingerprint density at radius 1 is 1.10 bits per heavy atom. The first kappa shape index (κ1) is 13.5. The van der Waals surface area contributed by atoms with Crippen molar-refractivity contribution in [1.82, 2.24) is 5.32 Å². The van der Waals surface area contributed by atoms with Crippen molar-refractivity contribution in [2.45, 2.75) is 18.9 Å². The van der Waals surface area contributed by atoms with Gasteiger partial charge in [0.2, 0.25) is 0 Å². The van der Waals surface area contributed by atoms with Crippen molar-refractivity contribution in [1.29, 1.82) is 0 Å². The van der Waals surface area contributed by atoms with E-state index in [1.54, 1.807) is 6.07 Å². The summed E-state index contributed by atoms with van der Waals surface area (Å²) in [5.74, 6) is 0.397. The molecular formula is C17H20FNO. The summed E-state index contributed by atoms with van der Waals surface area (Å²) in [4.78, 5) is 0. The van der Waals surface area contributed by atoms with Crippen LogP contribution in [0, 0.1) is 11.7 Å². The molecule has 0 saturated carbocycles. The van der Waals surface area contributed by atoms with Gasteiger partial charge in [0.1, 0.15) is 5.82 Å². The Bertz CT molecular complexity index is 593. The van der Waals surface area contributed by atoms with Crippen LogP contribution in [0.3, 0.4) is 0 Å². The second kappa shape index (κ2) is 5.90. The highest BCUT2D eigenvalue weighted by Gasteiger charge is 2.25. The van der Waals surface area contributed by atoms with Crippen LogP contribution in [0.5, 0.6) is 0 Å². The van der Waals surface area contributed by atoms with E-state index in [2.05, 4.69) is 5.32 Å². The maximum absolute atomic E-state index is 13.9. The molecule has 1 saturated heterocycles. The molecular weight excluding hydrogens is 253 g/mol. The second-order valence-corrected chi connectivity index (χ2v) is 5.40. The SMILES string of the molecule is CNC(c1ccc(F)c2ccccc12)C1CCOCC1. The minimum absolute atomic E-state index is 0.147. The maximum Gasteiger partial charge on any atom is 0.131 e. The lowest BCUT2D eigenvalue weighted by molar-refractivity contribution is 0.0548. The minimum atomic E-state index is -0.147. The summed E-state index contributed by atoms with van der Waals surface area (Å²) in [5.41, 5.74) is 1.19. The van der Waals surface area contributed by atoms with E-state index in [9.17, 15) is 4.39 Å². The molecule has 1 aliphatic heterocycles. The van der Waals surface area contributed by atoms with Gasteiger partial charge in [-0.2, -0.15) is 0 Å². The van der Waals surface area contributed by atoms with E-state index in [1.165, 1.54) is 5.56 Å². The Morgan fingerprint density at radius 3 is 2.50 bits per heavy atom. The predicted molar refractivity (Wildman–Crippen MR) is 79.2 cm³/mol. The van der Waals surface area contributed by atoms with Gasteiger partial charge in [0.15, 0.2) is 0 Å². The molecule has 1 heterocycles. The van der Waals surface area contributed by atoms with E-state index in [-0.39, 0.29) is 11.9 Å². The van der Waals surface area contributed by atoms with Gasteiger partial charge >= 0.3 is 0 Å². The fourth-order valence-corrected chi connectivity index (χ4v) is 3.25. The van der Waals surface area contributed by atoms with Crippen LogP contribution in [0.25, 0.3) is 10.8 Å². The van der Waals surface area contributed by atoms with Gasteiger partial charge in [-0.05, 0) is 42.8 Å². The minimum Gasteiger partial charge on any atom is -0.381 e. The van der Waals surface area contributed by atoms with Crippen molar-refractivity contribution in [2.75, 3.05) is 20.3 Å². The molecule has 20 heavy (non-hydrogen) atoms. The fraction of sp³-hybridized carbons (Fsp3) is 0.412. The number of halogens is 1. The van der Waals surface area contributed by atoms with Crippen molar-refractivity contribution >= 4 is 10.8 Å². The largest absolute Gasteiger partial charge is 0.381 e. The van der Waals surface area contributed by atoms with Crippen molar-refractivity contribution in [2.24, 2.45) is 5.92 Å². The average Bonchev–Trinajstić information content (AvgIpc) is 2.52. The second-order valence-electron chi connectivity index (χ2n) is 5.40. The number of hydrogen-bond acceptors (Lipinski definition) is 2. The number of fused-ring (bicyclic) bond motifs is 1. The summed E-state index contributed by atoms with van der Waals surface area (Å²) in [7, 11) is 1.98. The molecule has 2 aromatic carbocycles. The number of ether oxygens (including phenoxy) is 1. The fourth-order valence-electron chi connectivity index (χ4n) is 3.25. The molecule has 106 valence electrons. The zero-order chi connectivity index (χ0) is 13.9. The molecule has 0 aromatic heterocycles. The molecule has 0 aliphatic carbocycles. The van der Waals surface area contributed by atoms with Crippen LogP contribution in [-0.4, -0.2) is 20.3 Å². The summed E-state index contributed by atoms with van der Waals surface area (Å²) >= 11 is 0. The summed E-state index contributed by atoms with van der Waals surface area (Å²) in [5, 5.41) is 5.14. The molecule has 0 bridgehead atoms. The molecule has 2 aromatic rings. The monoisotopic (exact) mass is 273 g/mol. The predicted octanol–water partition coefficient (Wildman–Crippen LogP) is 3.67. The molecule has 1 unspecified atom stereocenters. The van der Waals surface area contributed by atoms with Crippen LogP contribution in [0.1, 0.15) is 24.4 Å². The average molecular weight is 273 g/mol. The summed E-state index contributed by atoms with van der Waals surface area (Å²) in [6.07, 6.45) is 2.11. The third-order valence-corrected chi connectivity index (χ3v) is 4.29. The molecule has 2 nitrogen and oxygen atoms in total. The highest BCUT2D eigenvalue weighted by atomic mass is 19.1. The number of hydrogen-bond donors (Lipinski definition) is 1. The van der Waals surface area contributed by atoms with Crippen molar-refractivity contribution in [3.05, 3.63) is 47.8 Å². The quantitative estimate of drug-likeness (QED) is 0.921. The van der Waals surface area contributed by atoms with E-state index < -0.39 is 0 Å². The highest BCUT2D eigenvalue weighted by Crippen LogP contribution is 2.34. The molecule has 1 aliphatic rings. The van der Waals surface area contributed by atoms with E-state index in [0.29, 0.717) is 11.3 Å².